The van der Waals surface area contributed by atoms with Gasteiger partial charge < -0.3 is 4.74 Å². The summed E-state index contributed by atoms with van der Waals surface area (Å²) in [5.41, 5.74) is 1.71. The summed E-state index contributed by atoms with van der Waals surface area (Å²) >= 11 is 17.6. The zero-order chi connectivity index (χ0) is 14.4. The van der Waals surface area contributed by atoms with Crippen molar-refractivity contribution in [2.75, 3.05) is 5.88 Å². The lowest BCUT2D eigenvalue weighted by atomic mass is 10.2. The first-order valence-electron chi connectivity index (χ1n) is 5.91. The molecule has 2 aromatic rings. The fourth-order valence-corrected chi connectivity index (χ4v) is 2.06. The zero-order valence-electron chi connectivity index (χ0n) is 10.5. The third-order valence-corrected chi connectivity index (χ3v) is 3.55. The van der Waals surface area contributed by atoms with Gasteiger partial charge in [0.25, 0.3) is 0 Å². The van der Waals surface area contributed by atoms with Crippen molar-refractivity contribution in [2.45, 2.75) is 6.61 Å². The first kappa shape index (κ1) is 15.1. The van der Waals surface area contributed by atoms with Crippen LogP contribution in [0.25, 0.3) is 0 Å². The number of rotatable bonds is 3. The van der Waals surface area contributed by atoms with Gasteiger partial charge in [0.2, 0.25) is 0 Å². The molecule has 0 aliphatic carbocycles. The van der Waals surface area contributed by atoms with E-state index in [1.54, 1.807) is 6.07 Å². The quantitative estimate of drug-likeness (QED) is 0.559. The Morgan fingerprint density at radius 2 is 1.85 bits per heavy atom. The van der Waals surface area contributed by atoms with Crippen LogP contribution in [0.4, 0.5) is 0 Å². The van der Waals surface area contributed by atoms with Gasteiger partial charge in [-0.25, -0.2) is 0 Å². The highest BCUT2D eigenvalue weighted by atomic mass is 35.5. The molecule has 0 spiro atoms. The van der Waals surface area contributed by atoms with E-state index in [0.29, 0.717) is 22.5 Å². The molecule has 0 unspecified atom stereocenters. The van der Waals surface area contributed by atoms with E-state index in [0.717, 1.165) is 16.9 Å². The summed E-state index contributed by atoms with van der Waals surface area (Å²) in [7, 11) is 0. The molecular weight excluding hydrogens is 315 g/mol. The topological polar surface area (TPSA) is 9.23 Å². The Kier molecular flexibility index (Phi) is 5.61. The van der Waals surface area contributed by atoms with Crippen molar-refractivity contribution >= 4 is 34.8 Å². The normalized spacial score (nSPS) is 9.75. The van der Waals surface area contributed by atoms with Gasteiger partial charge in [0.05, 0.1) is 15.9 Å². The lowest BCUT2D eigenvalue weighted by Crippen LogP contribution is -1.96. The first-order chi connectivity index (χ1) is 9.70. The second-order valence-electron chi connectivity index (χ2n) is 3.96. The molecule has 0 bridgehead atoms. The van der Waals surface area contributed by atoms with E-state index in [1.165, 1.54) is 0 Å². The van der Waals surface area contributed by atoms with Crippen molar-refractivity contribution in [3.05, 3.63) is 63.6 Å². The third-order valence-electron chi connectivity index (χ3n) is 2.56. The summed E-state index contributed by atoms with van der Waals surface area (Å²) in [6, 6.07) is 13.0. The molecule has 4 heteroatoms. The van der Waals surface area contributed by atoms with Gasteiger partial charge in [0.15, 0.2) is 0 Å². The van der Waals surface area contributed by atoms with Gasteiger partial charge in [-0.1, -0.05) is 53.2 Å². The molecule has 0 radical (unpaired) electrons. The minimum absolute atomic E-state index is 0.309. The van der Waals surface area contributed by atoms with Gasteiger partial charge in [0.1, 0.15) is 12.4 Å². The fraction of sp³-hybridized carbons (Fsp3) is 0.125. The van der Waals surface area contributed by atoms with E-state index in [-0.39, 0.29) is 0 Å². The van der Waals surface area contributed by atoms with Crippen molar-refractivity contribution in [1.82, 2.24) is 0 Å². The first-order valence-corrected chi connectivity index (χ1v) is 7.20. The van der Waals surface area contributed by atoms with E-state index >= 15 is 0 Å². The van der Waals surface area contributed by atoms with Gasteiger partial charge in [-0.3, -0.25) is 0 Å². The van der Waals surface area contributed by atoms with Crippen LogP contribution in [0.1, 0.15) is 11.1 Å². The summed E-state index contributed by atoms with van der Waals surface area (Å²) in [6.45, 7) is 0.353. The van der Waals surface area contributed by atoms with E-state index in [4.69, 9.17) is 39.5 Å². The molecular formula is C16H11Cl3O. The molecule has 0 heterocycles. The predicted octanol–water partition coefficient (Wildman–Crippen LogP) is 5.16. The molecule has 0 N–H and O–H groups in total. The van der Waals surface area contributed by atoms with Crippen LogP contribution < -0.4 is 4.74 Å². The van der Waals surface area contributed by atoms with Crippen molar-refractivity contribution in [1.29, 1.82) is 0 Å². The SMILES string of the molecule is ClCC#Cc1cccc(OCc2cccc(Cl)c2Cl)c1. The molecule has 2 rings (SSSR count). The molecule has 0 saturated carbocycles. The van der Waals surface area contributed by atoms with Crippen LogP contribution in [-0.4, -0.2) is 5.88 Å². The summed E-state index contributed by atoms with van der Waals surface area (Å²) in [5, 5.41) is 1.04. The van der Waals surface area contributed by atoms with E-state index in [9.17, 15) is 0 Å². The standard InChI is InChI=1S/C16H11Cl3O/c17-9-3-5-12-4-1-7-14(10-12)20-11-13-6-2-8-15(18)16(13)19/h1-2,4,6-8,10H,9,11H2. The van der Waals surface area contributed by atoms with Crippen molar-refractivity contribution in [3.8, 4) is 17.6 Å². The number of ether oxygens (including phenoxy) is 1. The zero-order valence-corrected chi connectivity index (χ0v) is 12.8. The van der Waals surface area contributed by atoms with Crippen molar-refractivity contribution in [2.24, 2.45) is 0 Å². The number of halogens is 3. The molecule has 0 aromatic heterocycles. The summed E-state index contributed by atoms with van der Waals surface area (Å²) in [6.07, 6.45) is 0. The van der Waals surface area contributed by atoms with Gasteiger partial charge >= 0.3 is 0 Å². The maximum absolute atomic E-state index is 6.11. The minimum Gasteiger partial charge on any atom is -0.489 e. The second kappa shape index (κ2) is 7.45. The van der Waals surface area contributed by atoms with Crippen LogP contribution in [-0.2, 0) is 6.61 Å². The minimum atomic E-state index is 0.309. The Balaban J connectivity index is 2.09. The molecule has 1 nitrogen and oxygen atoms in total. The van der Waals surface area contributed by atoms with Crippen molar-refractivity contribution in [3.63, 3.8) is 0 Å². The predicted molar refractivity (Wildman–Crippen MR) is 84.8 cm³/mol. The van der Waals surface area contributed by atoms with Crippen LogP contribution in [0.3, 0.4) is 0 Å². The Morgan fingerprint density at radius 1 is 1.05 bits per heavy atom. The number of hydrogen-bond donors (Lipinski definition) is 0. The Bertz CT molecular complexity index is 656. The molecule has 2 aromatic carbocycles. The molecule has 20 heavy (non-hydrogen) atoms. The summed E-state index contributed by atoms with van der Waals surface area (Å²) in [5.74, 6) is 6.78. The average Bonchev–Trinajstić information content (AvgIpc) is 2.47. The van der Waals surface area contributed by atoms with Crippen LogP contribution in [0, 0.1) is 11.8 Å². The molecule has 0 fully saturated rings. The van der Waals surface area contributed by atoms with Crippen LogP contribution in [0.5, 0.6) is 5.75 Å². The van der Waals surface area contributed by atoms with Crippen LogP contribution >= 0.6 is 34.8 Å². The summed E-state index contributed by atoms with van der Waals surface area (Å²) < 4.78 is 5.70. The number of alkyl halides is 1. The Labute approximate surface area is 133 Å². The maximum atomic E-state index is 6.11. The maximum Gasteiger partial charge on any atom is 0.121 e. The molecule has 0 saturated heterocycles. The highest BCUT2D eigenvalue weighted by molar-refractivity contribution is 6.42. The lowest BCUT2D eigenvalue weighted by Gasteiger charge is -2.08. The molecule has 102 valence electrons. The molecule has 0 atom stereocenters. The number of benzene rings is 2. The fourth-order valence-electron chi connectivity index (χ4n) is 1.62. The molecule has 0 amide bonds. The largest absolute Gasteiger partial charge is 0.489 e. The van der Waals surface area contributed by atoms with E-state index in [2.05, 4.69) is 11.8 Å². The molecule has 0 aliphatic heterocycles. The highest BCUT2D eigenvalue weighted by Crippen LogP contribution is 2.26. The summed E-state index contributed by atoms with van der Waals surface area (Å²) in [4.78, 5) is 0. The van der Waals surface area contributed by atoms with Gasteiger partial charge in [-0.15, -0.1) is 11.6 Å². The smallest absolute Gasteiger partial charge is 0.121 e. The Hall–Kier alpha value is -1.33. The third kappa shape index (κ3) is 4.08. The van der Waals surface area contributed by atoms with Gasteiger partial charge in [-0.05, 0) is 24.3 Å². The van der Waals surface area contributed by atoms with Gasteiger partial charge in [-0.2, -0.15) is 0 Å². The highest BCUT2D eigenvalue weighted by Gasteiger charge is 2.05. The van der Waals surface area contributed by atoms with Gasteiger partial charge in [0, 0.05) is 11.1 Å². The number of hydrogen-bond acceptors (Lipinski definition) is 1. The lowest BCUT2D eigenvalue weighted by molar-refractivity contribution is 0.306. The van der Waals surface area contributed by atoms with E-state index in [1.807, 2.05) is 36.4 Å². The average molecular weight is 326 g/mol. The van der Waals surface area contributed by atoms with Crippen LogP contribution in [0.2, 0.25) is 10.0 Å². The van der Waals surface area contributed by atoms with Crippen LogP contribution in [0.15, 0.2) is 42.5 Å². The van der Waals surface area contributed by atoms with Crippen molar-refractivity contribution < 1.29 is 4.74 Å². The monoisotopic (exact) mass is 324 g/mol. The Morgan fingerprint density at radius 3 is 2.65 bits per heavy atom. The molecule has 0 aliphatic rings. The van der Waals surface area contributed by atoms with E-state index < -0.39 is 0 Å². The second-order valence-corrected chi connectivity index (χ2v) is 5.02.